The van der Waals surface area contributed by atoms with Crippen molar-refractivity contribution in [3.8, 4) is 11.5 Å². The maximum Gasteiger partial charge on any atom is 0.326 e. The van der Waals surface area contributed by atoms with Gasteiger partial charge in [-0.05, 0) is 110 Å². The lowest BCUT2D eigenvalue weighted by molar-refractivity contribution is -0.148. The molecule has 43 heteroatoms. The Kier molecular flexibility index (Phi) is 38.3. The number of benzene rings is 4. The summed E-state index contributed by atoms with van der Waals surface area (Å²) < 4.78 is 0. The number of aliphatic hydroxyl groups excluding tert-OH is 1. The standard InChI is InChI=1S/C79H103N17O25S/c1-40(2)30-53(69(111)87-52(25-27-63(102)103)77(119)96-29-9-15-61(96)76(118)92-56(34-44-37-84-49-13-7-6-12-47(44)49)72(114)91-57(35-64(104)105)73(115)93-58(78(120)121)36-65(106)107)88-75(117)60(39-122)95-74(116)59(38-97)94-68(110)51(24-26-62(100)101)86-70(112)54(32-42-16-20-45(98)21-17-42)90-71(113)55(33-43-18-22-46(99)23-19-43)89-67(109)50(14-8-28-83-79(81)82)85-66(108)48(80)31-41-10-4-3-5-11-41/h3-7,10-13,16-23,37,40,48,50-61,84,97-99,122H,8-9,14-15,24-36,38-39,80H2,1-2H3,(H,85,108)(H,86,112)(H,87,111)(H,88,117)(H,89,109)(H,90,113)(H,91,114)(H,92,118)(H,93,115)(H,94,110)(H,95,116)(H,100,101)(H,102,103)(H,104,105)(H,106,107)(H,120,121)(H4,81,82,83)/t48-,50-,51-,52-,53-,54-,55-,56-,57-,58-,59-,60-,61-/m0/s1. The van der Waals surface area contributed by atoms with Crippen molar-refractivity contribution in [2.45, 2.75) is 189 Å². The van der Waals surface area contributed by atoms with Crippen molar-refractivity contribution in [3.05, 3.63) is 132 Å². The zero-order chi connectivity index (χ0) is 90.0. The van der Waals surface area contributed by atoms with E-state index in [1.807, 2.05) is 5.32 Å². The van der Waals surface area contributed by atoms with E-state index in [4.69, 9.17) is 16.9 Å². The molecule has 13 atom stereocenters. The first-order chi connectivity index (χ1) is 57.8. The number of phenols is 2. The van der Waals surface area contributed by atoms with Crippen LogP contribution in [0.25, 0.3) is 10.9 Å². The molecule has 42 nitrogen and oxygen atoms in total. The van der Waals surface area contributed by atoms with Crippen LogP contribution in [0, 0.1) is 11.3 Å². The Hall–Kier alpha value is -13.5. The summed E-state index contributed by atoms with van der Waals surface area (Å²) in [5.41, 5.74) is 14.1. The molecule has 1 aliphatic rings. The van der Waals surface area contributed by atoms with Gasteiger partial charge in [-0.15, -0.1) is 0 Å². The van der Waals surface area contributed by atoms with Crippen LogP contribution in [0.2, 0.25) is 0 Å². The van der Waals surface area contributed by atoms with Crippen LogP contribution in [-0.2, 0) is 107 Å². The Balaban J connectivity index is 1.19. The summed E-state index contributed by atoms with van der Waals surface area (Å²) in [5, 5.41) is 116. The molecule has 1 aliphatic heterocycles. The molecule has 2 heterocycles. The lowest BCUT2D eigenvalue weighted by atomic mass is 10.0. The predicted octanol–water partition coefficient (Wildman–Crippen LogP) is -3.50. The Morgan fingerprint density at radius 3 is 1.44 bits per heavy atom. The van der Waals surface area contributed by atoms with Crippen molar-refractivity contribution in [2.75, 3.05) is 25.4 Å². The first kappa shape index (κ1) is 97.4. The van der Waals surface area contributed by atoms with Crippen molar-refractivity contribution in [1.82, 2.24) is 73.7 Å². The number of carbonyl (C=O) groups is 17. The van der Waals surface area contributed by atoms with Gasteiger partial charge in [0.15, 0.2) is 5.96 Å². The van der Waals surface area contributed by atoms with E-state index in [-0.39, 0.29) is 87.5 Å². The molecule has 1 fully saturated rings. The molecule has 4 aromatic carbocycles. The average molecular weight is 1720 g/mol. The fourth-order valence-corrected chi connectivity index (χ4v) is 13.3. The van der Waals surface area contributed by atoms with Gasteiger partial charge in [-0.1, -0.05) is 86.6 Å². The summed E-state index contributed by atoms with van der Waals surface area (Å²) in [6.45, 7) is 1.91. The summed E-state index contributed by atoms with van der Waals surface area (Å²) in [7, 11) is 0. The van der Waals surface area contributed by atoms with Gasteiger partial charge in [0.25, 0.3) is 0 Å². The number of hydrogen-bond acceptors (Lipinski definition) is 23. The van der Waals surface area contributed by atoms with Crippen molar-refractivity contribution >= 4 is 130 Å². The predicted molar refractivity (Wildman–Crippen MR) is 435 cm³/mol. The Labute approximate surface area is 703 Å². The largest absolute Gasteiger partial charge is 0.508 e. The molecule has 0 bridgehead atoms. The molecule has 0 unspecified atom stereocenters. The molecule has 0 aliphatic carbocycles. The smallest absolute Gasteiger partial charge is 0.326 e. The maximum atomic E-state index is 14.8. The van der Waals surface area contributed by atoms with Crippen LogP contribution >= 0.6 is 12.6 Å². The molecule has 12 amide bonds. The zero-order valence-electron chi connectivity index (χ0n) is 66.5. The molecule has 26 N–H and O–H groups in total. The Morgan fingerprint density at radius 1 is 0.484 bits per heavy atom. The van der Waals surface area contributed by atoms with Gasteiger partial charge in [0, 0.05) is 68.0 Å². The third-order valence-electron chi connectivity index (χ3n) is 19.4. The lowest BCUT2D eigenvalue weighted by Gasteiger charge is -2.31. The molecule has 660 valence electrons. The highest BCUT2D eigenvalue weighted by Crippen LogP contribution is 2.24. The number of para-hydroxylation sites is 1. The highest BCUT2D eigenvalue weighted by Gasteiger charge is 2.42. The molecule has 1 aromatic heterocycles. The van der Waals surface area contributed by atoms with Crippen molar-refractivity contribution < 1.29 is 122 Å². The number of rotatable bonds is 50. The highest BCUT2D eigenvalue weighted by atomic mass is 32.1. The summed E-state index contributed by atoms with van der Waals surface area (Å²) in [6.07, 6.45) is -4.96. The topological polar surface area (TPSA) is 691 Å². The van der Waals surface area contributed by atoms with Crippen molar-refractivity contribution in [1.29, 1.82) is 5.41 Å². The van der Waals surface area contributed by atoms with Crippen LogP contribution in [0.5, 0.6) is 11.5 Å². The second-order valence-electron chi connectivity index (χ2n) is 29.3. The van der Waals surface area contributed by atoms with Gasteiger partial charge < -0.3 is 126 Å². The number of aliphatic carboxylic acids is 5. The molecule has 6 rings (SSSR count). The number of likely N-dealkylation sites (tertiary alicyclic amines) is 1. The van der Waals surface area contributed by atoms with Crippen LogP contribution in [0.15, 0.2) is 109 Å². The summed E-state index contributed by atoms with van der Waals surface area (Å²) in [5.74, 6) is -23.2. The zero-order valence-corrected chi connectivity index (χ0v) is 67.4. The molecule has 122 heavy (non-hydrogen) atoms. The molecular formula is C79H103N17O25S. The Bertz CT molecular complexity index is 4560. The number of aromatic amines is 1. The van der Waals surface area contributed by atoms with Gasteiger partial charge >= 0.3 is 29.8 Å². The van der Waals surface area contributed by atoms with Crippen molar-refractivity contribution in [3.63, 3.8) is 0 Å². The number of fused-ring (bicyclic) bond motifs is 1. The summed E-state index contributed by atoms with van der Waals surface area (Å²) in [6, 6.07) is 3.90. The molecule has 0 spiro atoms. The lowest BCUT2D eigenvalue weighted by Crippen LogP contribution is -2.62. The number of hydrogen-bond donors (Lipinski definition) is 25. The number of carboxylic acid groups (broad SMARTS) is 5. The van der Waals surface area contributed by atoms with E-state index in [9.17, 15) is 122 Å². The SMILES string of the molecule is CC(C)C[C@H](NC(=O)[C@H](CS)NC(=O)[C@H](CO)NC(=O)[C@H](CCC(=O)O)NC(=O)[C@H](Cc1ccc(O)cc1)NC(=O)[C@H](Cc1ccc(O)cc1)NC(=O)[C@H](CCCNC(=N)N)NC(=O)[C@@H](N)Cc1ccccc1)C(=O)N[C@@H](CCC(=O)O)C(=O)N1CCC[C@H]1C(=O)N[C@@H](Cc1c[nH]c2ccccc12)C(=O)N[C@@H](CC(=O)O)C(=O)N[C@@H](CC(=O)O)C(=O)O. The first-order valence-corrected chi connectivity index (χ1v) is 39.4. The fraction of sp³-hybridized carbons (Fsp3) is 0.443. The number of carboxylic acids is 5. The van der Waals surface area contributed by atoms with Crippen LogP contribution in [-0.4, -0.2) is 261 Å². The number of amides is 12. The van der Waals surface area contributed by atoms with Crippen LogP contribution in [0.4, 0.5) is 0 Å². The number of nitrogens with zero attached hydrogens (tertiary/aromatic N) is 1. The average Bonchev–Trinajstić information content (AvgIpc) is 1.63. The number of nitrogens with two attached hydrogens (primary N) is 2. The fourth-order valence-electron chi connectivity index (χ4n) is 13.1. The molecular weight excluding hydrogens is 1620 g/mol. The van der Waals surface area contributed by atoms with E-state index < -0.39 is 243 Å². The third kappa shape index (κ3) is 31.7. The van der Waals surface area contributed by atoms with Gasteiger partial charge in [-0.2, -0.15) is 12.6 Å². The van der Waals surface area contributed by atoms with E-state index in [2.05, 4.69) is 76.1 Å². The van der Waals surface area contributed by atoms with E-state index in [0.717, 1.165) is 4.90 Å². The number of aromatic hydroxyl groups is 2. The molecule has 5 aromatic rings. The van der Waals surface area contributed by atoms with Crippen molar-refractivity contribution in [2.24, 2.45) is 17.4 Å². The molecule has 1 saturated heterocycles. The van der Waals surface area contributed by atoms with Crippen LogP contribution in [0.3, 0.4) is 0 Å². The monoisotopic (exact) mass is 1720 g/mol. The minimum atomic E-state index is -2.07. The normalized spacial score (nSPS) is 15.3. The summed E-state index contributed by atoms with van der Waals surface area (Å²) in [4.78, 5) is 236. The third-order valence-corrected chi connectivity index (χ3v) is 19.7. The minimum Gasteiger partial charge on any atom is -0.508 e. The number of phenolic OH excluding ortho intramolecular Hbond substituents is 2. The van der Waals surface area contributed by atoms with Crippen LogP contribution in [0.1, 0.15) is 107 Å². The number of carbonyl (C=O) groups excluding carboxylic acids is 12. The van der Waals surface area contributed by atoms with Gasteiger partial charge in [-0.3, -0.25) is 82.1 Å². The van der Waals surface area contributed by atoms with Gasteiger partial charge in [0.1, 0.15) is 84.0 Å². The molecule has 0 saturated carbocycles. The first-order valence-electron chi connectivity index (χ1n) is 38.8. The number of aliphatic hydroxyl groups is 1. The number of guanidine groups is 1. The number of H-pyrrole nitrogens is 1. The summed E-state index contributed by atoms with van der Waals surface area (Å²) >= 11 is 4.23. The maximum absolute atomic E-state index is 14.8. The second kappa shape index (κ2) is 48.0. The van der Waals surface area contributed by atoms with E-state index >= 15 is 0 Å². The number of thiol groups is 1. The number of aromatic nitrogens is 1. The van der Waals surface area contributed by atoms with Gasteiger partial charge in [0.2, 0.25) is 70.9 Å². The van der Waals surface area contributed by atoms with Gasteiger partial charge in [-0.25, -0.2) is 4.79 Å². The van der Waals surface area contributed by atoms with E-state index in [1.54, 1.807) is 68.4 Å². The second-order valence-corrected chi connectivity index (χ2v) is 29.7. The quantitative estimate of drug-likeness (QED) is 0.00777. The molecule has 0 radical (unpaired) electrons. The van der Waals surface area contributed by atoms with E-state index in [0.29, 0.717) is 27.6 Å². The number of nitrogens with one attached hydrogen (secondary N) is 14. The van der Waals surface area contributed by atoms with Gasteiger partial charge in [0.05, 0.1) is 25.5 Å². The highest BCUT2D eigenvalue weighted by molar-refractivity contribution is 7.80. The van der Waals surface area contributed by atoms with E-state index in [1.165, 1.54) is 54.7 Å². The minimum absolute atomic E-state index is 0.0652. The van der Waals surface area contributed by atoms with Crippen LogP contribution < -0.4 is 75.3 Å². The Morgan fingerprint density at radius 2 is 0.910 bits per heavy atom.